The summed E-state index contributed by atoms with van der Waals surface area (Å²) in [5, 5.41) is 2.06. The minimum atomic E-state index is 0.570. The van der Waals surface area contributed by atoms with Crippen LogP contribution in [0, 0.1) is 0 Å². The summed E-state index contributed by atoms with van der Waals surface area (Å²) in [5.41, 5.74) is 11.1. The average Bonchev–Trinajstić information content (AvgIpc) is 3.57. The molecule has 0 amide bonds. The van der Waals surface area contributed by atoms with Crippen molar-refractivity contribution in [3.05, 3.63) is 176 Å². The topological polar surface area (TPSA) is 51.8 Å². The van der Waals surface area contributed by atoms with Crippen LogP contribution in [0.5, 0.6) is 0 Å². The summed E-state index contributed by atoms with van der Waals surface area (Å²) >= 11 is 0. The third kappa shape index (κ3) is 5.45. The van der Waals surface area contributed by atoms with Gasteiger partial charge < -0.3 is 4.42 Å². The van der Waals surface area contributed by atoms with Crippen LogP contribution in [0.4, 0.5) is 0 Å². The lowest BCUT2D eigenvalue weighted by Crippen LogP contribution is -2.00. The van der Waals surface area contributed by atoms with Crippen LogP contribution < -0.4 is 0 Å². The van der Waals surface area contributed by atoms with E-state index >= 15 is 0 Å². The number of rotatable bonds is 6. The highest BCUT2D eigenvalue weighted by molar-refractivity contribution is 6.10. The number of nitrogens with zero attached hydrogens (tertiary/aromatic N) is 3. The fourth-order valence-corrected chi connectivity index (χ4v) is 6.47. The smallest absolute Gasteiger partial charge is 0.167 e. The van der Waals surface area contributed by atoms with Gasteiger partial charge in [-0.3, -0.25) is 0 Å². The monoisotopic (exact) mass is 627 g/mol. The number of benzene rings is 7. The molecule has 2 aromatic heterocycles. The molecule has 4 heteroatoms. The van der Waals surface area contributed by atoms with E-state index in [2.05, 4.69) is 103 Å². The summed E-state index contributed by atoms with van der Waals surface area (Å²) in [6.07, 6.45) is 0. The molecule has 0 atom stereocenters. The molecule has 0 unspecified atom stereocenters. The lowest BCUT2D eigenvalue weighted by molar-refractivity contribution is 0.669. The first-order valence-electron chi connectivity index (χ1n) is 16.4. The van der Waals surface area contributed by atoms with E-state index in [1.165, 1.54) is 22.3 Å². The van der Waals surface area contributed by atoms with Gasteiger partial charge in [0.05, 0.1) is 5.56 Å². The van der Waals surface area contributed by atoms with Crippen LogP contribution in [0.2, 0.25) is 0 Å². The van der Waals surface area contributed by atoms with Crippen molar-refractivity contribution in [2.45, 2.75) is 0 Å². The van der Waals surface area contributed by atoms with Gasteiger partial charge >= 0.3 is 0 Å². The highest BCUT2D eigenvalue weighted by Crippen LogP contribution is 2.39. The standard InChI is InChI=1S/C45H29N3O/c1-5-14-30(15-6-1)35-26-36(31-16-7-2-8-17-31)28-37(27-35)34-24-25-38-39-22-13-23-40(42(39)49-41(38)29-34)45-47-43(32-18-9-3-10-19-32)46-44(48-45)33-20-11-4-12-21-33/h1-29H. The third-order valence-electron chi connectivity index (χ3n) is 8.92. The zero-order chi connectivity index (χ0) is 32.6. The predicted octanol–water partition coefficient (Wildman–Crippen LogP) is 11.8. The van der Waals surface area contributed by atoms with Crippen molar-refractivity contribution in [2.75, 3.05) is 0 Å². The Morgan fingerprint density at radius 2 is 0.776 bits per heavy atom. The molecule has 7 aromatic carbocycles. The molecule has 0 aliphatic carbocycles. The van der Waals surface area contributed by atoms with Crippen molar-refractivity contribution < 1.29 is 4.42 Å². The first-order chi connectivity index (χ1) is 24.3. The molecule has 4 nitrogen and oxygen atoms in total. The van der Waals surface area contributed by atoms with Gasteiger partial charge in [-0.05, 0) is 69.8 Å². The second kappa shape index (κ2) is 12.2. The molecule has 0 radical (unpaired) electrons. The van der Waals surface area contributed by atoms with Gasteiger partial charge in [0.2, 0.25) is 0 Å². The van der Waals surface area contributed by atoms with Gasteiger partial charge in [0.1, 0.15) is 11.2 Å². The first kappa shape index (κ1) is 28.6. The van der Waals surface area contributed by atoms with E-state index in [0.29, 0.717) is 17.5 Å². The van der Waals surface area contributed by atoms with Gasteiger partial charge in [-0.2, -0.15) is 0 Å². The van der Waals surface area contributed by atoms with Crippen LogP contribution >= 0.6 is 0 Å². The number of fused-ring (bicyclic) bond motifs is 3. The maximum atomic E-state index is 6.72. The fraction of sp³-hybridized carbons (Fsp3) is 0. The molecule has 2 heterocycles. The summed E-state index contributed by atoms with van der Waals surface area (Å²) in [7, 11) is 0. The fourth-order valence-electron chi connectivity index (χ4n) is 6.47. The molecule has 0 saturated heterocycles. The molecule has 0 N–H and O–H groups in total. The highest BCUT2D eigenvalue weighted by Gasteiger charge is 2.18. The zero-order valence-electron chi connectivity index (χ0n) is 26.5. The van der Waals surface area contributed by atoms with Gasteiger partial charge in [-0.25, -0.2) is 15.0 Å². The molecule has 0 aliphatic rings. The molecule has 49 heavy (non-hydrogen) atoms. The van der Waals surface area contributed by atoms with Crippen LogP contribution in [-0.4, -0.2) is 15.0 Å². The number of hydrogen-bond acceptors (Lipinski definition) is 4. The first-order valence-corrected chi connectivity index (χ1v) is 16.4. The van der Waals surface area contributed by atoms with E-state index in [4.69, 9.17) is 19.4 Å². The van der Waals surface area contributed by atoms with E-state index < -0.39 is 0 Å². The quantitative estimate of drug-likeness (QED) is 0.184. The Morgan fingerprint density at radius 3 is 1.31 bits per heavy atom. The third-order valence-corrected chi connectivity index (χ3v) is 8.92. The van der Waals surface area contributed by atoms with E-state index in [1.54, 1.807) is 0 Å². The Balaban J connectivity index is 1.20. The predicted molar refractivity (Wildman–Crippen MR) is 200 cm³/mol. The lowest BCUT2D eigenvalue weighted by Gasteiger charge is -2.11. The van der Waals surface area contributed by atoms with E-state index in [1.807, 2.05) is 72.8 Å². The molecule has 0 bridgehead atoms. The van der Waals surface area contributed by atoms with Crippen molar-refractivity contribution >= 4 is 21.9 Å². The molecule has 230 valence electrons. The lowest BCUT2D eigenvalue weighted by atomic mass is 9.93. The number of hydrogen-bond donors (Lipinski definition) is 0. The summed E-state index contributed by atoms with van der Waals surface area (Å²) in [6, 6.07) is 60.6. The summed E-state index contributed by atoms with van der Waals surface area (Å²) in [4.78, 5) is 14.8. The number of furan rings is 1. The van der Waals surface area contributed by atoms with Gasteiger partial charge in [-0.15, -0.1) is 0 Å². The minimum Gasteiger partial charge on any atom is -0.455 e. The molecule has 0 spiro atoms. The molecule has 0 saturated carbocycles. The van der Waals surface area contributed by atoms with Gasteiger partial charge in [0.15, 0.2) is 17.5 Å². The van der Waals surface area contributed by atoms with Gasteiger partial charge in [0.25, 0.3) is 0 Å². The van der Waals surface area contributed by atoms with Crippen LogP contribution in [0.15, 0.2) is 180 Å². The van der Waals surface area contributed by atoms with E-state index in [0.717, 1.165) is 49.8 Å². The second-order valence-corrected chi connectivity index (χ2v) is 12.1. The van der Waals surface area contributed by atoms with Crippen LogP contribution in [-0.2, 0) is 0 Å². The largest absolute Gasteiger partial charge is 0.455 e. The van der Waals surface area contributed by atoms with E-state index in [9.17, 15) is 0 Å². The molecule has 9 aromatic rings. The zero-order valence-corrected chi connectivity index (χ0v) is 26.5. The minimum absolute atomic E-state index is 0.570. The summed E-state index contributed by atoms with van der Waals surface area (Å²) in [6.45, 7) is 0. The molecule has 0 aliphatic heterocycles. The van der Waals surface area contributed by atoms with Crippen molar-refractivity contribution in [2.24, 2.45) is 0 Å². The molecular weight excluding hydrogens is 599 g/mol. The highest BCUT2D eigenvalue weighted by atomic mass is 16.3. The van der Waals surface area contributed by atoms with Gasteiger partial charge in [0, 0.05) is 21.9 Å². The average molecular weight is 628 g/mol. The molecule has 0 fully saturated rings. The van der Waals surface area contributed by atoms with Crippen molar-refractivity contribution in [3.63, 3.8) is 0 Å². The maximum Gasteiger partial charge on any atom is 0.167 e. The molecular formula is C45H29N3O. The SMILES string of the molecule is c1ccc(-c2cc(-c3ccccc3)cc(-c3ccc4c(c3)oc3c(-c5nc(-c6ccccc6)nc(-c6ccccc6)n5)cccc34)c2)cc1. The van der Waals surface area contributed by atoms with Crippen molar-refractivity contribution in [1.82, 2.24) is 15.0 Å². The van der Waals surface area contributed by atoms with Crippen LogP contribution in [0.1, 0.15) is 0 Å². The molecule has 9 rings (SSSR count). The Hall–Kier alpha value is -6.65. The number of aromatic nitrogens is 3. The van der Waals surface area contributed by atoms with Crippen LogP contribution in [0.3, 0.4) is 0 Å². The van der Waals surface area contributed by atoms with Crippen molar-refractivity contribution in [3.8, 4) is 67.5 Å². The Labute approximate surface area is 284 Å². The Kier molecular flexibility index (Phi) is 7.10. The summed E-state index contributed by atoms with van der Waals surface area (Å²) in [5.74, 6) is 1.81. The second-order valence-electron chi connectivity index (χ2n) is 12.1. The normalized spacial score (nSPS) is 11.3. The summed E-state index contributed by atoms with van der Waals surface area (Å²) < 4.78 is 6.72. The van der Waals surface area contributed by atoms with Crippen molar-refractivity contribution in [1.29, 1.82) is 0 Å². The van der Waals surface area contributed by atoms with Gasteiger partial charge in [-0.1, -0.05) is 140 Å². The number of para-hydroxylation sites is 1. The van der Waals surface area contributed by atoms with Crippen LogP contribution in [0.25, 0.3) is 89.5 Å². The maximum absolute atomic E-state index is 6.72. The van der Waals surface area contributed by atoms with E-state index in [-0.39, 0.29) is 0 Å². The Morgan fingerprint density at radius 1 is 0.306 bits per heavy atom. The Bertz CT molecular complexity index is 2460.